The van der Waals surface area contributed by atoms with Crippen molar-refractivity contribution in [3.8, 4) is 5.75 Å². The first kappa shape index (κ1) is 11.1. The first-order valence-corrected chi connectivity index (χ1v) is 6.34. The molecule has 1 N–H and O–H groups in total. The predicted octanol–water partition coefficient (Wildman–Crippen LogP) is 2.23. The van der Waals surface area contributed by atoms with Crippen LogP contribution in [0.5, 0.6) is 5.75 Å². The smallest absolute Gasteiger partial charge is 0.120 e. The Morgan fingerprint density at radius 3 is 2.71 bits per heavy atom. The molecule has 1 aromatic carbocycles. The third kappa shape index (κ3) is 2.45. The van der Waals surface area contributed by atoms with Crippen LogP contribution in [0.4, 0.5) is 0 Å². The van der Waals surface area contributed by atoms with Gasteiger partial charge in [0.25, 0.3) is 0 Å². The monoisotopic (exact) mass is 234 g/mol. The highest BCUT2D eigenvalue weighted by Gasteiger charge is 2.42. The van der Waals surface area contributed by atoms with Gasteiger partial charge in [0.15, 0.2) is 0 Å². The Kier molecular flexibility index (Phi) is 2.81. The first-order valence-electron chi connectivity index (χ1n) is 6.34. The van der Waals surface area contributed by atoms with Gasteiger partial charge < -0.3 is 14.6 Å². The van der Waals surface area contributed by atoms with Crippen LogP contribution in [0.25, 0.3) is 0 Å². The molecule has 0 bridgehead atoms. The van der Waals surface area contributed by atoms with Crippen LogP contribution in [0, 0.1) is 0 Å². The fourth-order valence-electron chi connectivity index (χ4n) is 2.25. The molecule has 0 spiro atoms. The van der Waals surface area contributed by atoms with Crippen molar-refractivity contribution in [2.75, 3.05) is 13.2 Å². The molecule has 1 heterocycles. The highest BCUT2D eigenvalue weighted by Crippen LogP contribution is 2.45. The average Bonchev–Trinajstić information content (AvgIpc) is 3.11. The number of hydrogen-bond acceptors (Lipinski definition) is 3. The van der Waals surface area contributed by atoms with E-state index in [1.807, 2.05) is 24.3 Å². The van der Waals surface area contributed by atoms with E-state index in [1.165, 1.54) is 0 Å². The molecule has 3 heteroatoms. The van der Waals surface area contributed by atoms with Crippen LogP contribution in [0.2, 0.25) is 0 Å². The molecule has 0 amide bonds. The first-order chi connectivity index (χ1) is 8.26. The summed E-state index contributed by atoms with van der Waals surface area (Å²) >= 11 is 0. The Bertz CT molecular complexity index is 392. The van der Waals surface area contributed by atoms with Crippen LogP contribution in [-0.4, -0.2) is 24.4 Å². The van der Waals surface area contributed by atoms with Gasteiger partial charge in [0, 0.05) is 12.8 Å². The number of aliphatic hydroxyl groups is 1. The minimum Gasteiger partial charge on any atom is -0.490 e. The summed E-state index contributed by atoms with van der Waals surface area (Å²) in [6.45, 7) is 1.57. The molecule has 1 aliphatic heterocycles. The second-order valence-corrected chi connectivity index (χ2v) is 4.99. The summed E-state index contributed by atoms with van der Waals surface area (Å²) in [4.78, 5) is 0. The maximum Gasteiger partial charge on any atom is 0.120 e. The van der Waals surface area contributed by atoms with Crippen molar-refractivity contribution in [3.63, 3.8) is 0 Å². The van der Waals surface area contributed by atoms with E-state index in [0.717, 1.165) is 50.2 Å². The van der Waals surface area contributed by atoms with Gasteiger partial charge in [0.1, 0.15) is 11.9 Å². The van der Waals surface area contributed by atoms with Crippen molar-refractivity contribution in [2.45, 2.75) is 37.4 Å². The van der Waals surface area contributed by atoms with Gasteiger partial charge in [-0.1, -0.05) is 12.1 Å². The van der Waals surface area contributed by atoms with E-state index in [9.17, 15) is 5.11 Å². The molecule has 1 saturated carbocycles. The molecule has 3 nitrogen and oxygen atoms in total. The highest BCUT2D eigenvalue weighted by molar-refractivity contribution is 5.35. The Hall–Kier alpha value is -1.06. The van der Waals surface area contributed by atoms with Crippen molar-refractivity contribution in [3.05, 3.63) is 29.8 Å². The third-order valence-corrected chi connectivity index (χ3v) is 3.57. The maximum absolute atomic E-state index is 10.1. The van der Waals surface area contributed by atoms with E-state index < -0.39 is 5.60 Å². The lowest BCUT2D eigenvalue weighted by Gasteiger charge is -2.23. The van der Waals surface area contributed by atoms with Crippen molar-refractivity contribution in [1.82, 2.24) is 0 Å². The van der Waals surface area contributed by atoms with Crippen LogP contribution < -0.4 is 4.74 Å². The van der Waals surface area contributed by atoms with Gasteiger partial charge in [-0.3, -0.25) is 0 Å². The molecule has 1 aliphatic carbocycles. The lowest BCUT2D eigenvalue weighted by molar-refractivity contribution is 0.0254. The quantitative estimate of drug-likeness (QED) is 0.871. The lowest BCUT2D eigenvalue weighted by atomic mass is 10.1. The molecule has 2 aliphatic rings. The minimum absolute atomic E-state index is 0.257. The second kappa shape index (κ2) is 4.31. The fraction of sp³-hybridized carbons (Fsp3) is 0.571. The van der Waals surface area contributed by atoms with E-state index in [0.29, 0.717) is 0 Å². The highest BCUT2D eigenvalue weighted by atomic mass is 16.5. The summed E-state index contributed by atoms with van der Waals surface area (Å²) in [5.74, 6) is 0.870. The van der Waals surface area contributed by atoms with Gasteiger partial charge in [-0.25, -0.2) is 0 Å². The number of benzene rings is 1. The molecular formula is C14H18O3. The topological polar surface area (TPSA) is 38.7 Å². The largest absolute Gasteiger partial charge is 0.490 e. The van der Waals surface area contributed by atoms with Crippen molar-refractivity contribution in [1.29, 1.82) is 0 Å². The van der Waals surface area contributed by atoms with Crippen molar-refractivity contribution < 1.29 is 14.6 Å². The van der Waals surface area contributed by atoms with Crippen molar-refractivity contribution >= 4 is 0 Å². The van der Waals surface area contributed by atoms with Gasteiger partial charge in [-0.05, 0) is 30.5 Å². The normalized spacial score (nSPS) is 23.4. The zero-order valence-corrected chi connectivity index (χ0v) is 9.89. The van der Waals surface area contributed by atoms with E-state index in [4.69, 9.17) is 9.47 Å². The molecule has 2 fully saturated rings. The van der Waals surface area contributed by atoms with Crippen LogP contribution in [0.1, 0.15) is 31.2 Å². The summed E-state index contributed by atoms with van der Waals surface area (Å²) in [7, 11) is 0. The molecule has 1 saturated heterocycles. The summed E-state index contributed by atoms with van der Waals surface area (Å²) in [6, 6.07) is 7.87. The summed E-state index contributed by atoms with van der Waals surface area (Å²) in [6.07, 6.45) is 3.90. The molecule has 3 rings (SSSR count). The fourth-order valence-corrected chi connectivity index (χ4v) is 2.25. The van der Waals surface area contributed by atoms with Crippen LogP contribution in [-0.2, 0) is 10.3 Å². The van der Waals surface area contributed by atoms with E-state index in [2.05, 4.69) is 0 Å². The van der Waals surface area contributed by atoms with E-state index >= 15 is 0 Å². The lowest BCUT2D eigenvalue weighted by Crippen LogP contribution is -2.25. The van der Waals surface area contributed by atoms with Crippen molar-refractivity contribution in [2.24, 2.45) is 0 Å². The molecule has 0 atom stereocenters. The Balaban J connectivity index is 1.70. The number of hydrogen-bond donors (Lipinski definition) is 1. The van der Waals surface area contributed by atoms with Gasteiger partial charge in [-0.2, -0.15) is 0 Å². The molecule has 0 aromatic heterocycles. The zero-order chi connectivity index (χ0) is 11.7. The Morgan fingerprint density at radius 2 is 2.00 bits per heavy atom. The molecule has 0 radical (unpaired) electrons. The third-order valence-electron chi connectivity index (χ3n) is 3.57. The van der Waals surface area contributed by atoms with Crippen LogP contribution in [0.3, 0.4) is 0 Å². The van der Waals surface area contributed by atoms with Crippen LogP contribution in [0.15, 0.2) is 24.3 Å². The molecule has 0 unspecified atom stereocenters. The summed E-state index contributed by atoms with van der Waals surface area (Å²) in [5, 5.41) is 10.1. The Labute approximate surface area is 101 Å². The van der Waals surface area contributed by atoms with Gasteiger partial charge >= 0.3 is 0 Å². The van der Waals surface area contributed by atoms with Gasteiger partial charge in [0.05, 0.1) is 18.8 Å². The number of rotatable bonds is 3. The average molecular weight is 234 g/mol. The Morgan fingerprint density at radius 1 is 1.24 bits per heavy atom. The van der Waals surface area contributed by atoms with Gasteiger partial charge in [0.2, 0.25) is 0 Å². The number of ether oxygens (including phenoxy) is 2. The zero-order valence-electron chi connectivity index (χ0n) is 9.89. The minimum atomic E-state index is -0.574. The molecule has 17 heavy (non-hydrogen) atoms. The van der Waals surface area contributed by atoms with E-state index in [-0.39, 0.29) is 6.10 Å². The summed E-state index contributed by atoms with van der Waals surface area (Å²) < 4.78 is 11.2. The van der Waals surface area contributed by atoms with Crippen LogP contribution >= 0.6 is 0 Å². The van der Waals surface area contributed by atoms with Gasteiger partial charge in [-0.15, -0.1) is 0 Å². The van der Waals surface area contributed by atoms with E-state index in [1.54, 1.807) is 0 Å². The standard InChI is InChI=1S/C14H18O3/c15-14(6-7-14)11-2-1-3-13(10-11)17-12-4-8-16-9-5-12/h1-3,10,12,15H,4-9H2. The predicted molar refractivity (Wildman–Crippen MR) is 64.0 cm³/mol. The molecule has 1 aromatic rings. The molecular weight excluding hydrogens is 216 g/mol. The molecule has 92 valence electrons. The second-order valence-electron chi connectivity index (χ2n) is 4.99. The summed E-state index contributed by atoms with van der Waals surface area (Å²) in [5.41, 5.74) is 0.414. The maximum atomic E-state index is 10.1. The SMILES string of the molecule is OC1(c2cccc(OC3CCOCC3)c2)CC1.